The lowest BCUT2D eigenvalue weighted by atomic mass is 10.2. The number of hydrogen-bond acceptors (Lipinski definition) is 6. The van der Waals surface area contributed by atoms with Gasteiger partial charge in [-0.3, -0.25) is 9.10 Å². The summed E-state index contributed by atoms with van der Waals surface area (Å²) in [4.78, 5) is 17.0. The molecule has 0 radical (unpaired) electrons. The summed E-state index contributed by atoms with van der Waals surface area (Å²) in [6.45, 7) is 2.83. The Morgan fingerprint density at radius 2 is 1.85 bits per heavy atom. The van der Waals surface area contributed by atoms with Crippen LogP contribution in [0.2, 0.25) is 0 Å². The van der Waals surface area contributed by atoms with Crippen molar-refractivity contribution in [2.75, 3.05) is 25.1 Å². The van der Waals surface area contributed by atoms with Crippen molar-refractivity contribution >= 4 is 21.6 Å². The lowest BCUT2D eigenvalue weighted by molar-refractivity contribution is 0.0950. The Hall–Kier alpha value is -3.59. The Balaban J connectivity index is 1.73. The predicted molar refractivity (Wildman–Crippen MR) is 131 cm³/mol. The van der Waals surface area contributed by atoms with E-state index < -0.39 is 15.9 Å². The van der Waals surface area contributed by atoms with Gasteiger partial charge in [-0.15, -0.1) is 0 Å². The van der Waals surface area contributed by atoms with Crippen molar-refractivity contribution in [1.82, 2.24) is 10.3 Å². The molecule has 180 valence electrons. The SMILES string of the molecule is CCCCOc1ncccc1CNC(=O)c1cccc(S(=O)(=O)N(C)c2ccc(OC)cc2)c1. The van der Waals surface area contributed by atoms with Crippen molar-refractivity contribution < 1.29 is 22.7 Å². The number of rotatable bonds is 11. The summed E-state index contributed by atoms with van der Waals surface area (Å²) in [7, 11) is -0.865. The number of carbonyl (C=O) groups is 1. The number of unbranched alkanes of at least 4 members (excludes halogenated alkanes) is 1. The summed E-state index contributed by atoms with van der Waals surface area (Å²) < 4.78 is 38.3. The molecule has 8 nitrogen and oxygen atoms in total. The average molecular weight is 484 g/mol. The summed E-state index contributed by atoms with van der Waals surface area (Å²) >= 11 is 0. The number of sulfonamides is 1. The highest BCUT2D eigenvalue weighted by Gasteiger charge is 2.22. The van der Waals surface area contributed by atoms with E-state index in [1.807, 2.05) is 6.07 Å². The van der Waals surface area contributed by atoms with Crippen LogP contribution in [0.1, 0.15) is 35.7 Å². The highest BCUT2D eigenvalue weighted by Crippen LogP contribution is 2.25. The van der Waals surface area contributed by atoms with Crippen LogP contribution >= 0.6 is 0 Å². The van der Waals surface area contributed by atoms with Crippen LogP contribution in [0, 0.1) is 0 Å². The van der Waals surface area contributed by atoms with E-state index >= 15 is 0 Å². The second-order valence-electron chi connectivity index (χ2n) is 7.55. The highest BCUT2D eigenvalue weighted by atomic mass is 32.2. The molecule has 0 atom stereocenters. The fourth-order valence-corrected chi connectivity index (χ4v) is 4.41. The van der Waals surface area contributed by atoms with Crippen molar-refractivity contribution in [1.29, 1.82) is 0 Å². The summed E-state index contributed by atoms with van der Waals surface area (Å²) in [5.41, 5.74) is 1.46. The van der Waals surface area contributed by atoms with Gasteiger partial charge in [-0.1, -0.05) is 25.5 Å². The first kappa shape index (κ1) is 25.0. The minimum atomic E-state index is -3.87. The molecule has 3 rings (SSSR count). The average Bonchev–Trinajstić information content (AvgIpc) is 2.87. The fourth-order valence-electron chi connectivity index (χ4n) is 3.17. The van der Waals surface area contributed by atoms with Crippen LogP contribution in [0.5, 0.6) is 11.6 Å². The van der Waals surface area contributed by atoms with Gasteiger partial charge in [0.1, 0.15) is 5.75 Å². The van der Waals surface area contributed by atoms with Crippen molar-refractivity contribution in [2.24, 2.45) is 0 Å². The van der Waals surface area contributed by atoms with Crippen molar-refractivity contribution in [3.05, 3.63) is 78.0 Å². The molecule has 0 fully saturated rings. The number of nitrogens with one attached hydrogen (secondary N) is 1. The van der Waals surface area contributed by atoms with Gasteiger partial charge in [0.15, 0.2) is 0 Å². The number of carbonyl (C=O) groups excluding carboxylic acids is 1. The van der Waals surface area contributed by atoms with E-state index in [0.29, 0.717) is 23.9 Å². The fraction of sp³-hybridized carbons (Fsp3) is 0.280. The molecule has 0 saturated carbocycles. The first-order valence-electron chi connectivity index (χ1n) is 10.9. The highest BCUT2D eigenvalue weighted by molar-refractivity contribution is 7.92. The van der Waals surface area contributed by atoms with Crippen LogP contribution in [-0.4, -0.2) is 40.1 Å². The van der Waals surface area contributed by atoms with E-state index in [1.54, 1.807) is 55.8 Å². The van der Waals surface area contributed by atoms with Crippen LogP contribution in [-0.2, 0) is 16.6 Å². The summed E-state index contributed by atoms with van der Waals surface area (Å²) in [5, 5.41) is 2.82. The Labute approximate surface area is 200 Å². The number of methoxy groups -OCH3 is 1. The molecule has 0 spiro atoms. The van der Waals surface area contributed by atoms with Crippen molar-refractivity contribution in [3.8, 4) is 11.6 Å². The van der Waals surface area contributed by atoms with E-state index in [0.717, 1.165) is 18.4 Å². The number of pyridine rings is 1. The van der Waals surface area contributed by atoms with Crippen LogP contribution in [0.25, 0.3) is 0 Å². The number of ether oxygens (including phenoxy) is 2. The lowest BCUT2D eigenvalue weighted by Gasteiger charge is -2.20. The van der Waals surface area contributed by atoms with E-state index in [4.69, 9.17) is 9.47 Å². The van der Waals surface area contributed by atoms with Gasteiger partial charge in [0.05, 0.1) is 24.3 Å². The van der Waals surface area contributed by atoms with Gasteiger partial charge < -0.3 is 14.8 Å². The molecule has 3 aromatic rings. The summed E-state index contributed by atoms with van der Waals surface area (Å²) in [6.07, 6.45) is 3.56. The Bertz CT molecular complexity index is 1210. The van der Waals surface area contributed by atoms with E-state index in [1.165, 1.54) is 23.5 Å². The Kier molecular flexibility index (Phi) is 8.48. The number of nitrogens with zero attached hydrogens (tertiary/aromatic N) is 2. The van der Waals surface area contributed by atoms with Gasteiger partial charge >= 0.3 is 0 Å². The molecule has 0 bridgehead atoms. The third kappa shape index (κ3) is 6.05. The number of hydrogen-bond donors (Lipinski definition) is 1. The molecule has 1 heterocycles. The second-order valence-corrected chi connectivity index (χ2v) is 9.52. The van der Waals surface area contributed by atoms with E-state index in [-0.39, 0.29) is 17.0 Å². The molecule has 1 N–H and O–H groups in total. The monoisotopic (exact) mass is 483 g/mol. The molecular formula is C25H29N3O5S. The van der Waals surface area contributed by atoms with Gasteiger partial charge in [-0.05, 0) is 55.0 Å². The standard InChI is InChI=1S/C25H29N3O5S/c1-4-5-16-33-25-20(9-7-15-26-25)18-27-24(29)19-8-6-10-23(17-19)34(30,31)28(2)21-11-13-22(32-3)14-12-21/h6-15,17H,4-5,16,18H2,1-3H3,(H,27,29). The van der Waals surface area contributed by atoms with Crippen LogP contribution in [0.15, 0.2) is 71.8 Å². The third-order valence-electron chi connectivity index (χ3n) is 5.22. The van der Waals surface area contributed by atoms with Crippen molar-refractivity contribution in [3.63, 3.8) is 0 Å². The molecule has 0 aliphatic carbocycles. The molecule has 2 aromatic carbocycles. The zero-order valence-electron chi connectivity index (χ0n) is 19.5. The van der Waals surface area contributed by atoms with Gasteiger partial charge in [0.25, 0.3) is 15.9 Å². The molecule has 0 saturated heterocycles. The van der Waals surface area contributed by atoms with Crippen LogP contribution in [0.3, 0.4) is 0 Å². The summed E-state index contributed by atoms with van der Waals surface area (Å²) in [6, 6.07) is 16.2. The minimum absolute atomic E-state index is 0.0171. The maximum absolute atomic E-state index is 13.1. The zero-order valence-corrected chi connectivity index (χ0v) is 20.3. The van der Waals surface area contributed by atoms with Crippen molar-refractivity contribution in [2.45, 2.75) is 31.2 Å². The first-order chi connectivity index (χ1) is 16.4. The van der Waals surface area contributed by atoms with E-state index in [2.05, 4.69) is 17.2 Å². The van der Waals surface area contributed by atoms with Crippen LogP contribution in [0.4, 0.5) is 5.69 Å². The Morgan fingerprint density at radius 1 is 1.09 bits per heavy atom. The maximum Gasteiger partial charge on any atom is 0.264 e. The number of anilines is 1. The number of benzene rings is 2. The molecule has 0 unspecified atom stereocenters. The molecule has 34 heavy (non-hydrogen) atoms. The molecule has 0 aliphatic rings. The van der Waals surface area contributed by atoms with Gasteiger partial charge in [0, 0.05) is 30.9 Å². The summed E-state index contributed by atoms with van der Waals surface area (Å²) in [5.74, 6) is 0.710. The van der Waals surface area contributed by atoms with E-state index in [9.17, 15) is 13.2 Å². The smallest absolute Gasteiger partial charge is 0.264 e. The maximum atomic E-state index is 13.1. The molecular weight excluding hydrogens is 454 g/mol. The van der Waals surface area contributed by atoms with Gasteiger partial charge in [-0.2, -0.15) is 0 Å². The van der Waals surface area contributed by atoms with Gasteiger partial charge in [-0.25, -0.2) is 13.4 Å². The Morgan fingerprint density at radius 3 is 2.56 bits per heavy atom. The molecule has 9 heteroatoms. The zero-order chi connectivity index (χ0) is 24.6. The normalized spacial score (nSPS) is 11.0. The third-order valence-corrected chi connectivity index (χ3v) is 7.00. The molecule has 1 amide bonds. The number of amides is 1. The molecule has 1 aromatic heterocycles. The lowest BCUT2D eigenvalue weighted by Crippen LogP contribution is -2.27. The molecule has 0 aliphatic heterocycles. The van der Waals surface area contributed by atoms with Crippen LogP contribution < -0.4 is 19.1 Å². The number of aromatic nitrogens is 1. The first-order valence-corrected chi connectivity index (χ1v) is 12.4. The van der Waals surface area contributed by atoms with Gasteiger partial charge in [0.2, 0.25) is 5.88 Å². The predicted octanol–water partition coefficient (Wildman–Crippen LogP) is 4.02. The topological polar surface area (TPSA) is 97.8 Å². The second kappa shape index (κ2) is 11.5. The minimum Gasteiger partial charge on any atom is -0.497 e. The largest absolute Gasteiger partial charge is 0.497 e. The quantitative estimate of drug-likeness (QED) is 0.414.